The molecule has 0 aliphatic carbocycles. The predicted molar refractivity (Wildman–Crippen MR) is 84.3 cm³/mol. The average molecular weight is 351 g/mol. The summed E-state index contributed by atoms with van der Waals surface area (Å²) in [6.45, 7) is 1.20. The highest BCUT2D eigenvalue weighted by molar-refractivity contribution is 9.10. The van der Waals surface area contributed by atoms with Gasteiger partial charge in [0.05, 0.1) is 16.5 Å². The summed E-state index contributed by atoms with van der Waals surface area (Å²) in [6.07, 6.45) is 0. The van der Waals surface area contributed by atoms with Gasteiger partial charge in [-0.2, -0.15) is 0 Å². The first kappa shape index (κ1) is 15.5. The molecular weight excluding hydrogens is 336 g/mol. The molecule has 0 bridgehead atoms. The van der Waals surface area contributed by atoms with E-state index in [1.165, 1.54) is 6.07 Å². The summed E-state index contributed by atoms with van der Waals surface area (Å²) in [7, 11) is 1.63. The quantitative estimate of drug-likeness (QED) is 0.637. The molecule has 2 aromatic carbocycles. The van der Waals surface area contributed by atoms with Crippen molar-refractivity contribution in [3.8, 4) is 5.75 Å². The number of hydrogen-bond acceptors (Lipinski definition) is 4. The molecule has 0 aliphatic heterocycles. The van der Waals surface area contributed by atoms with E-state index in [1.807, 2.05) is 30.3 Å². The molecule has 0 unspecified atom stereocenters. The van der Waals surface area contributed by atoms with Gasteiger partial charge in [0.25, 0.3) is 5.69 Å². The van der Waals surface area contributed by atoms with Gasteiger partial charge in [0.2, 0.25) is 0 Å². The molecule has 0 heterocycles. The number of hydrogen-bond donors (Lipinski definition) is 1. The van der Waals surface area contributed by atoms with Crippen molar-refractivity contribution in [3.63, 3.8) is 0 Å². The third kappa shape index (κ3) is 4.03. The normalized spacial score (nSPS) is 10.4. The fraction of sp³-hybridized carbons (Fsp3) is 0.200. The highest BCUT2D eigenvalue weighted by Crippen LogP contribution is 2.28. The second-order valence-electron chi connectivity index (χ2n) is 4.46. The largest absolute Gasteiger partial charge is 0.497 e. The van der Waals surface area contributed by atoms with E-state index >= 15 is 0 Å². The van der Waals surface area contributed by atoms with Crippen LogP contribution in [0.4, 0.5) is 5.69 Å². The third-order valence-electron chi connectivity index (χ3n) is 3.03. The highest BCUT2D eigenvalue weighted by atomic mass is 79.9. The van der Waals surface area contributed by atoms with Gasteiger partial charge < -0.3 is 10.1 Å². The lowest BCUT2D eigenvalue weighted by molar-refractivity contribution is -0.385. The van der Waals surface area contributed by atoms with Gasteiger partial charge in [-0.1, -0.05) is 24.3 Å². The molecule has 0 fully saturated rings. The Labute approximate surface area is 131 Å². The molecule has 0 atom stereocenters. The maximum Gasteiger partial charge on any atom is 0.283 e. The number of nitrogens with zero attached hydrogens (tertiary/aromatic N) is 1. The lowest BCUT2D eigenvalue weighted by atomic mass is 10.2. The summed E-state index contributed by atoms with van der Waals surface area (Å²) in [6, 6.07) is 12.8. The fourth-order valence-electron chi connectivity index (χ4n) is 1.97. The Kier molecular flexibility index (Phi) is 5.30. The highest BCUT2D eigenvalue weighted by Gasteiger charge is 2.14. The Hall–Kier alpha value is -1.92. The summed E-state index contributed by atoms with van der Waals surface area (Å²) in [4.78, 5) is 10.5. The van der Waals surface area contributed by atoms with Crippen LogP contribution in [-0.2, 0) is 13.1 Å². The second-order valence-corrected chi connectivity index (χ2v) is 5.26. The van der Waals surface area contributed by atoms with Crippen molar-refractivity contribution in [1.29, 1.82) is 0 Å². The van der Waals surface area contributed by atoms with Crippen LogP contribution in [-0.4, -0.2) is 12.0 Å². The molecule has 0 amide bonds. The van der Waals surface area contributed by atoms with E-state index in [9.17, 15) is 10.1 Å². The topological polar surface area (TPSA) is 64.4 Å². The number of nitrogens with one attached hydrogen (secondary N) is 1. The molecule has 5 nitrogen and oxygen atoms in total. The lowest BCUT2D eigenvalue weighted by Gasteiger charge is -2.08. The molecule has 0 saturated carbocycles. The monoisotopic (exact) mass is 350 g/mol. The minimum atomic E-state index is -0.393. The zero-order valence-corrected chi connectivity index (χ0v) is 13.1. The van der Waals surface area contributed by atoms with E-state index < -0.39 is 4.92 Å². The molecule has 21 heavy (non-hydrogen) atoms. The Bertz CT molecular complexity index is 647. The predicted octanol–water partition coefficient (Wildman–Crippen LogP) is 3.66. The van der Waals surface area contributed by atoms with Crippen LogP contribution < -0.4 is 10.1 Å². The van der Waals surface area contributed by atoms with E-state index in [1.54, 1.807) is 13.2 Å². The van der Waals surface area contributed by atoms with Crippen LogP contribution in [0.1, 0.15) is 11.1 Å². The zero-order chi connectivity index (χ0) is 15.2. The number of ether oxygens (including phenoxy) is 1. The van der Waals surface area contributed by atoms with Crippen molar-refractivity contribution in [1.82, 2.24) is 5.32 Å². The maximum atomic E-state index is 10.9. The van der Waals surface area contributed by atoms with Gasteiger partial charge in [0, 0.05) is 19.2 Å². The SMILES string of the molecule is COc1cccc(CNCc2cccc([N+](=O)[O-])c2Br)c1. The van der Waals surface area contributed by atoms with Crippen molar-refractivity contribution >= 4 is 21.6 Å². The summed E-state index contributed by atoms with van der Waals surface area (Å²) >= 11 is 3.29. The van der Waals surface area contributed by atoms with Gasteiger partial charge in [-0.25, -0.2) is 0 Å². The standard InChI is InChI=1S/C15H15BrN2O3/c1-21-13-6-2-4-11(8-13)9-17-10-12-5-3-7-14(15(12)16)18(19)20/h2-8,17H,9-10H2,1H3. The molecule has 1 N–H and O–H groups in total. The van der Waals surface area contributed by atoms with Crippen molar-refractivity contribution in [2.45, 2.75) is 13.1 Å². The van der Waals surface area contributed by atoms with Crippen molar-refractivity contribution in [2.75, 3.05) is 7.11 Å². The Morgan fingerprint density at radius 3 is 2.71 bits per heavy atom. The van der Waals surface area contributed by atoms with E-state index in [0.29, 0.717) is 17.6 Å². The van der Waals surface area contributed by atoms with Crippen LogP contribution >= 0.6 is 15.9 Å². The van der Waals surface area contributed by atoms with E-state index in [-0.39, 0.29) is 5.69 Å². The van der Waals surface area contributed by atoms with Crippen molar-refractivity contribution < 1.29 is 9.66 Å². The van der Waals surface area contributed by atoms with Crippen LogP contribution in [0.3, 0.4) is 0 Å². The maximum absolute atomic E-state index is 10.9. The van der Waals surface area contributed by atoms with E-state index in [2.05, 4.69) is 21.2 Å². The van der Waals surface area contributed by atoms with E-state index in [4.69, 9.17) is 4.74 Å². The second kappa shape index (κ2) is 7.19. The number of benzene rings is 2. The molecule has 0 spiro atoms. The molecule has 0 aromatic heterocycles. The first-order valence-electron chi connectivity index (χ1n) is 6.37. The lowest BCUT2D eigenvalue weighted by Crippen LogP contribution is -2.13. The van der Waals surface area contributed by atoms with Gasteiger partial charge in [-0.05, 0) is 39.2 Å². The number of nitro groups is 1. The van der Waals surface area contributed by atoms with Crippen LogP contribution in [0.5, 0.6) is 5.75 Å². The molecule has 0 radical (unpaired) electrons. The van der Waals surface area contributed by atoms with Gasteiger partial charge in [-0.3, -0.25) is 10.1 Å². The van der Waals surface area contributed by atoms with Gasteiger partial charge in [0.1, 0.15) is 5.75 Å². The summed E-state index contributed by atoms with van der Waals surface area (Å²) in [5.74, 6) is 0.811. The third-order valence-corrected chi connectivity index (χ3v) is 3.95. The summed E-state index contributed by atoms with van der Waals surface area (Å²) in [5.41, 5.74) is 2.03. The molecule has 2 aromatic rings. The summed E-state index contributed by atoms with van der Waals surface area (Å²) in [5, 5.41) is 14.1. The average Bonchev–Trinajstić information content (AvgIpc) is 2.49. The number of halogens is 1. The Morgan fingerprint density at radius 1 is 1.24 bits per heavy atom. The van der Waals surface area contributed by atoms with Gasteiger partial charge in [-0.15, -0.1) is 0 Å². The van der Waals surface area contributed by atoms with Gasteiger partial charge >= 0.3 is 0 Å². The summed E-state index contributed by atoms with van der Waals surface area (Å²) < 4.78 is 5.69. The van der Waals surface area contributed by atoms with Crippen LogP contribution in [0.2, 0.25) is 0 Å². The first-order chi connectivity index (χ1) is 10.1. The van der Waals surface area contributed by atoms with Crippen LogP contribution in [0.15, 0.2) is 46.9 Å². The fourth-order valence-corrected chi connectivity index (χ4v) is 2.52. The van der Waals surface area contributed by atoms with Crippen molar-refractivity contribution in [3.05, 3.63) is 68.2 Å². The van der Waals surface area contributed by atoms with Crippen molar-refractivity contribution in [2.24, 2.45) is 0 Å². The minimum absolute atomic E-state index is 0.0793. The Morgan fingerprint density at radius 2 is 2.00 bits per heavy atom. The van der Waals surface area contributed by atoms with Crippen LogP contribution in [0.25, 0.3) is 0 Å². The molecule has 110 valence electrons. The van der Waals surface area contributed by atoms with Crippen LogP contribution in [0, 0.1) is 10.1 Å². The van der Waals surface area contributed by atoms with Gasteiger partial charge in [0.15, 0.2) is 0 Å². The minimum Gasteiger partial charge on any atom is -0.497 e. The molecule has 0 aliphatic rings. The molecule has 0 saturated heterocycles. The number of nitro benzene ring substituents is 1. The molecular formula is C15H15BrN2O3. The smallest absolute Gasteiger partial charge is 0.283 e. The number of rotatable bonds is 6. The Balaban J connectivity index is 2.00. The van der Waals surface area contributed by atoms with E-state index in [0.717, 1.165) is 16.9 Å². The first-order valence-corrected chi connectivity index (χ1v) is 7.16. The number of methoxy groups -OCH3 is 1. The molecule has 6 heteroatoms. The molecule has 2 rings (SSSR count). The zero-order valence-electron chi connectivity index (χ0n) is 11.5.